The summed E-state index contributed by atoms with van der Waals surface area (Å²) in [6.07, 6.45) is 8.70. The van der Waals surface area contributed by atoms with Crippen LogP contribution in [-0.4, -0.2) is 50.7 Å². The molecule has 3 heterocycles. The molecule has 0 amide bonds. The molecule has 0 spiro atoms. The van der Waals surface area contributed by atoms with E-state index in [0.29, 0.717) is 23.9 Å². The fourth-order valence-electron chi connectivity index (χ4n) is 5.73. The fraction of sp³-hybridized carbons (Fsp3) is 0.500. The van der Waals surface area contributed by atoms with Crippen LogP contribution in [0.2, 0.25) is 0 Å². The molecule has 0 aliphatic heterocycles. The van der Waals surface area contributed by atoms with Gasteiger partial charge in [0.05, 0.1) is 12.8 Å². The fourth-order valence-corrected chi connectivity index (χ4v) is 5.73. The summed E-state index contributed by atoms with van der Waals surface area (Å²) < 4.78 is 7.41. The van der Waals surface area contributed by atoms with Crippen LogP contribution in [0.1, 0.15) is 76.3 Å². The lowest BCUT2D eigenvalue weighted by atomic mass is 9.80. The normalized spacial score (nSPS) is 19.2. The zero-order chi connectivity index (χ0) is 24.0. The lowest BCUT2D eigenvalue weighted by Gasteiger charge is -2.37. The minimum absolute atomic E-state index is 0.381. The van der Waals surface area contributed by atoms with Gasteiger partial charge in [0.25, 0.3) is 0 Å². The number of aromatic amines is 1. The molecule has 1 aromatic carbocycles. The second-order valence-corrected chi connectivity index (χ2v) is 10.5. The first-order chi connectivity index (χ1) is 16.4. The van der Waals surface area contributed by atoms with Crippen molar-refractivity contribution >= 4 is 16.6 Å². The molecule has 0 saturated heterocycles. The highest BCUT2D eigenvalue weighted by molar-refractivity contribution is 5.92. The number of rotatable bonds is 6. The van der Waals surface area contributed by atoms with Gasteiger partial charge in [0.15, 0.2) is 11.4 Å². The van der Waals surface area contributed by atoms with E-state index in [1.165, 1.54) is 47.7 Å². The Balaban J connectivity index is 1.51. The standard InChI is InChI=1S/C28H37N5O/c1-17(2)26-23-13-20(19-7-10-22(11-8-19)32(5)18(3)4)9-12-24(23)31-27(26)21-14-25(34-6)28-29-16-30-33(28)15-21/h9,12-19,22,31H,7-8,10-11H2,1-6H3. The number of nitrogens with one attached hydrogen (secondary N) is 1. The van der Waals surface area contributed by atoms with Gasteiger partial charge in [-0.25, -0.2) is 9.50 Å². The molecule has 5 rings (SSSR count). The van der Waals surface area contributed by atoms with Crippen LogP contribution in [0.4, 0.5) is 0 Å². The number of aromatic nitrogens is 4. The molecule has 34 heavy (non-hydrogen) atoms. The molecule has 1 aliphatic carbocycles. The molecule has 3 aromatic heterocycles. The minimum atomic E-state index is 0.381. The van der Waals surface area contributed by atoms with Crippen LogP contribution in [0, 0.1) is 0 Å². The summed E-state index contributed by atoms with van der Waals surface area (Å²) in [5.74, 6) is 1.75. The van der Waals surface area contributed by atoms with Crippen LogP contribution < -0.4 is 4.74 Å². The van der Waals surface area contributed by atoms with Gasteiger partial charge in [-0.2, -0.15) is 5.10 Å². The highest BCUT2D eigenvalue weighted by Gasteiger charge is 2.27. The van der Waals surface area contributed by atoms with Crippen molar-refractivity contribution in [3.05, 3.63) is 47.9 Å². The molecule has 0 unspecified atom stereocenters. The van der Waals surface area contributed by atoms with E-state index in [2.05, 4.69) is 79.0 Å². The molecule has 1 fully saturated rings. The maximum Gasteiger partial charge on any atom is 0.197 e. The van der Waals surface area contributed by atoms with E-state index in [1.54, 1.807) is 18.0 Å². The number of H-pyrrole nitrogens is 1. The SMILES string of the molecule is COc1cc(-c2[nH]c3ccc(C4CCC(N(C)C(C)C)CC4)cc3c2C(C)C)cn2ncnc12. The molecule has 1 saturated carbocycles. The summed E-state index contributed by atoms with van der Waals surface area (Å²) in [5, 5.41) is 5.69. The predicted octanol–water partition coefficient (Wildman–Crippen LogP) is 6.38. The first kappa shape index (κ1) is 22.9. The topological polar surface area (TPSA) is 58.5 Å². The van der Waals surface area contributed by atoms with E-state index in [1.807, 2.05) is 6.20 Å². The summed E-state index contributed by atoms with van der Waals surface area (Å²) in [6.45, 7) is 9.15. The second kappa shape index (κ2) is 9.06. The Kier molecular flexibility index (Phi) is 6.11. The maximum absolute atomic E-state index is 5.62. The minimum Gasteiger partial charge on any atom is -0.493 e. The van der Waals surface area contributed by atoms with E-state index >= 15 is 0 Å². The number of pyridine rings is 1. The highest BCUT2D eigenvalue weighted by atomic mass is 16.5. The summed E-state index contributed by atoms with van der Waals surface area (Å²) >= 11 is 0. The number of hydrogen-bond acceptors (Lipinski definition) is 4. The van der Waals surface area contributed by atoms with Gasteiger partial charge in [0.2, 0.25) is 0 Å². The van der Waals surface area contributed by atoms with Crippen LogP contribution in [0.3, 0.4) is 0 Å². The largest absolute Gasteiger partial charge is 0.493 e. The van der Waals surface area contributed by atoms with E-state index in [-0.39, 0.29) is 0 Å². The molecule has 0 radical (unpaired) electrons. The molecule has 6 heteroatoms. The molecule has 6 nitrogen and oxygen atoms in total. The van der Waals surface area contributed by atoms with Gasteiger partial charge >= 0.3 is 0 Å². The van der Waals surface area contributed by atoms with Gasteiger partial charge < -0.3 is 14.6 Å². The number of fused-ring (bicyclic) bond motifs is 2. The Morgan fingerprint density at radius 1 is 1.09 bits per heavy atom. The third kappa shape index (κ3) is 3.98. The van der Waals surface area contributed by atoms with Crippen LogP contribution in [-0.2, 0) is 0 Å². The van der Waals surface area contributed by atoms with Gasteiger partial charge in [-0.15, -0.1) is 0 Å². The smallest absolute Gasteiger partial charge is 0.197 e. The quantitative estimate of drug-likeness (QED) is 0.364. The van der Waals surface area contributed by atoms with Crippen LogP contribution in [0.15, 0.2) is 36.8 Å². The van der Waals surface area contributed by atoms with Crippen LogP contribution in [0.5, 0.6) is 5.75 Å². The number of ether oxygens (including phenoxy) is 1. The summed E-state index contributed by atoms with van der Waals surface area (Å²) in [4.78, 5) is 10.6. The Labute approximate surface area is 202 Å². The third-order valence-corrected chi connectivity index (χ3v) is 7.85. The summed E-state index contributed by atoms with van der Waals surface area (Å²) in [5.41, 5.74) is 6.96. The van der Waals surface area contributed by atoms with Crippen molar-refractivity contribution in [3.63, 3.8) is 0 Å². The average Bonchev–Trinajstić information content (AvgIpc) is 3.47. The van der Waals surface area contributed by atoms with Gasteiger partial charge in [-0.1, -0.05) is 19.9 Å². The van der Waals surface area contributed by atoms with Gasteiger partial charge in [-0.05, 0) is 87.7 Å². The van der Waals surface area contributed by atoms with E-state index in [9.17, 15) is 0 Å². The van der Waals surface area contributed by atoms with Crippen molar-refractivity contribution in [2.24, 2.45) is 0 Å². The van der Waals surface area contributed by atoms with Crippen molar-refractivity contribution in [2.45, 2.75) is 77.3 Å². The number of benzene rings is 1. The third-order valence-electron chi connectivity index (χ3n) is 7.85. The number of nitrogens with zero attached hydrogens (tertiary/aromatic N) is 4. The van der Waals surface area contributed by atoms with Crippen molar-refractivity contribution in [2.75, 3.05) is 14.2 Å². The van der Waals surface area contributed by atoms with Crippen molar-refractivity contribution in [1.29, 1.82) is 0 Å². The monoisotopic (exact) mass is 459 g/mol. The summed E-state index contributed by atoms with van der Waals surface area (Å²) in [7, 11) is 3.96. The second-order valence-electron chi connectivity index (χ2n) is 10.5. The van der Waals surface area contributed by atoms with E-state index in [4.69, 9.17) is 4.74 Å². The Morgan fingerprint density at radius 2 is 1.85 bits per heavy atom. The average molecular weight is 460 g/mol. The molecule has 0 bridgehead atoms. The number of hydrogen-bond donors (Lipinski definition) is 1. The molecular formula is C28H37N5O. The Morgan fingerprint density at radius 3 is 2.53 bits per heavy atom. The van der Waals surface area contributed by atoms with Crippen molar-refractivity contribution < 1.29 is 4.74 Å². The highest BCUT2D eigenvalue weighted by Crippen LogP contribution is 2.40. The molecule has 1 N–H and O–H groups in total. The lowest BCUT2D eigenvalue weighted by Crippen LogP contribution is -2.39. The molecular weight excluding hydrogens is 422 g/mol. The van der Waals surface area contributed by atoms with Gasteiger partial charge in [-0.3, -0.25) is 0 Å². The molecule has 4 aromatic rings. The number of methoxy groups -OCH3 is 1. The zero-order valence-corrected chi connectivity index (χ0v) is 21.3. The lowest BCUT2D eigenvalue weighted by molar-refractivity contribution is 0.148. The zero-order valence-electron chi connectivity index (χ0n) is 21.3. The van der Waals surface area contributed by atoms with Gasteiger partial charge in [0, 0.05) is 34.7 Å². The summed E-state index contributed by atoms with van der Waals surface area (Å²) in [6, 6.07) is 10.5. The first-order valence-electron chi connectivity index (χ1n) is 12.6. The van der Waals surface area contributed by atoms with E-state index in [0.717, 1.165) is 22.7 Å². The molecule has 1 aliphatic rings. The van der Waals surface area contributed by atoms with Gasteiger partial charge in [0.1, 0.15) is 6.33 Å². The first-order valence-corrected chi connectivity index (χ1v) is 12.6. The molecule has 0 atom stereocenters. The Bertz CT molecular complexity index is 1290. The predicted molar refractivity (Wildman–Crippen MR) is 139 cm³/mol. The van der Waals surface area contributed by atoms with Crippen molar-refractivity contribution in [3.8, 4) is 17.0 Å². The van der Waals surface area contributed by atoms with Crippen LogP contribution >= 0.6 is 0 Å². The van der Waals surface area contributed by atoms with Crippen LogP contribution in [0.25, 0.3) is 27.8 Å². The van der Waals surface area contributed by atoms with E-state index < -0.39 is 0 Å². The molecule has 180 valence electrons. The van der Waals surface area contributed by atoms with Crippen molar-refractivity contribution in [1.82, 2.24) is 24.5 Å². The maximum atomic E-state index is 5.62. The Hall–Kier alpha value is -2.86.